The maximum absolute atomic E-state index is 13.3. The van der Waals surface area contributed by atoms with Gasteiger partial charge in [-0.25, -0.2) is 17.1 Å². The predicted molar refractivity (Wildman–Crippen MR) is 77.1 cm³/mol. The van der Waals surface area contributed by atoms with Gasteiger partial charge in [-0.1, -0.05) is 0 Å². The van der Waals surface area contributed by atoms with Crippen LogP contribution in [0.1, 0.15) is 12.8 Å². The number of halogens is 2. The number of aliphatic hydroxyl groups excluding tert-OH is 1. The summed E-state index contributed by atoms with van der Waals surface area (Å²) < 4.78 is 39.5. The first-order valence-electron chi connectivity index (χ1n) is 6.10. The third-order valence-corrected chi connectivity index (χ3v) is 6.25. The molecule has 5 nitrogen and oxygen atoms in total. The molecular formula is C12H16BrFN2O3S. The average Bonchev–Trinajstić information content (AvgIpc) is 2.31. The van der Waals surface area contributed by atoms with Gasteiger partial charge in [0.05, 0.1) is 16.7 Å². The summed E-state index contributed by atoms with van der Waals surface area (Å²) in [4.78, 5) is -0.0567. The second-order valence-electron chi connectivity index (χ2n) is 5.08. The number of nitrogens with two attached hydrogens (primary N) is 1. The molecule has 1 aliphatic carbocycles. The van der Waals surface area contributed by atoms with Crippen molar-refractivity contribution in [1.29, 1.82) is 0 Å². The van der Waals surface area contributed by atoms with Crippen LogP contribution in [0.2, 0.25) is 0 Å². The number of benzene rings is 1. The summed E-state index contributed by atoms with van der Waals surface area (Å²) in [6.45, 7) is 0.323. The minimum Gasteiger partial charge on any atom is -0.396 e. The molecule has 8 heteroatoms. The van der Waals surface area contributed by atoms with E-state index in [9.17, 15) is 17.9 Å². The summed E-state index contributed by atoms with van der Waals surface area (Å²) in [5, 5.41) is 9.23. The minimum atomic E-state index is -3.74. The molecule has 0 radical (unpaired) electrons. The van der Waals surface area contributed by atoms with Gasteiger partial charge in [0.2, 0.25) is 10.0 Å². The Kier molecular flexibility index (Phi) is 4.38. The van der Waals surface area contributed by atoms with E-state index in [1.54, 1.807) is 0 Å². The van der Waals surface area contributed by atoms with E-state index in [0.29, 0.717) is 19.4 Å². The van der Waals surface area contributed by atoms with E-state index in [1.165, 1.54) is 11.4 Å². The van der Waals surface area contributed by atoms with Gasteiger partial charge in [-0.15, -0.1) is 0 Å². The number of anilines is 1. The highest BCUT2D eigenvalue weighted by Gasteiger charge is 2.32. The highest BCUT2D eigenvalue weighted by atomic mass is 79.9. The lowest BCUT2D eigenvalue weighted by Gasteiger charge is -2.34. The molecule has 20 heavy (non-hydrogen) atoms. The van der Waals surface area contributed by atoms with Gasteiger partial charge >= 0.3 is 0 Å². The molecule has 0 aliphatic heterocycles. The van der Waals surface area contributed by atoms with Crippen molar-refractivity contribution in [2.75, 3.05) is 19.3 Å². The summed E-state index contributed by atoms with van der Waals surface area (Å²) in [6.07, 6.45) is 0.878. The van der Waals surface area contributed by atoms with E-state index in [4.69, 9.17) is 5.73 Å². The fraction of sp³-hybridized carbons (Fsp3) is 0.500. The topological polar surface area (TPSA) is 83.6 Å². The van der Waals surface area contributed by atoms with Gasteiger partial charge < -0.3 is 10.8 Å². The Morgan fingerprint density at radius 3 is 2.65 bits per heavy atom. The molecule has 1 fully saturated rings. The van der Waals surface area contributed by atoms with Crippen molar-refractivity contribution < 1.29 is 17.9 Å². The largest absolute Gasteiger partial charge is 0.396 e. The number of sulfonamides is 1. The Morgan fingerprint density at radius 1 is 1.50 bits per heavy atom. The Labute approximate surface area is 125 Å². The lowest BCUT2D eigenvalue weighted by Crippen LogP contribution is -2.39. The smallest absolute Gasteiger partial charge is 0.244 e. The van der Waals surface area contributed by atoms with Crippen LogP contribution in [0.15, 0.2) is 21.5 Å². The van der Waals surface area contributed by atoms with E-state index in [-0.39, 0.29) is 27.1 Å². The fourth-order valence-corrected chi connectivity index (χ4v) is 4.47. The zero-order valence-corrected chi connectivity index (χ0v) is 13.3. The summed E-state index contributed by atoms with van der Waals surface area (Å²) in [6, 6.07) is 2.16. The van der Waals surface area contributed by atoms with Gasteiger partial charge in [0.1, 0.15) is 5.82 Å². The molecule has 2 rings (SSSR count). The Hall–Kier alpha value is -0.700. The molecule has 0 atom stereocenters. The van der Waals surface area contributed by atoms with E-state index in [2.05, 4.69) is 15.9 Å². The molecule has 1 aromatic rings. The van der Waals surface area contributed by atoms with Crippen molar-refractivity contribution in [3.05, 3.63) is 22.4 Å². The van der Waals surface area contributed by atoms with Crippen molar-refractivity contribution in [2.24, 2.45) is 5.92 Å². The van der Waals surface area contributed by atoms with Crippen LogP contribution in [-0.4, -0.2) is 37.5 Å². The Morgan fingerprint density at radius 2 is 2.10 bits per heavy atom. The molecule has 1 saturated carbocycles. The van der Waals surface area contributed by atoms with Gasteiger partial charge in [0.15, 0.2) is 0 Å². The molecule has 112 valence electrons. The maximum atomic E-state index is 13.3. The normalized spacial score (nSPS) is 22.9. The SMILES string of the molecule is CN(CC1CC(O)C1)S(=O)(=O)c1cc(N)c(F)cc1Br. The molecule has 1 aliphatic rings. The van der Waals surface area contributed by atoms with Crippen molar-refractivity contribution in [3.63, 3.8) is 0 Å². The van der Waals surface area contributed by atoms with Crippen LogP contribution in [0.25, 0.3) is 0 Å². The van der Waals surface area contributed by atoms with Crippen LogP contribution in [0.4, 0.5) is 10.1 Å². The molecule has 0 unspecified atom stereocenters. The molecule has 1 aromatic carbocycles. The van der Waals surface area contributed by atoms with Gasteiger partial charge in [-0.3, -0.25) is 0 Å². The van der Waals surface area contributed by atoms with Gasteiger partial charge in [-0.2, -0.15) is 0 Å². The molecule has 0 bridgehead atoms. The Bertz CT molecular complexity index is 617. The lowest BCUT2D eigenvalue weighted by atomic mass is 9.82. The van der Waals surface area contributed by atoms with Crippen molar-refractivity contribution in [1.82, 2.24) is 4.31 Å². The summed E-state index contributed by atoms with van der Waals surface area (Å²) in [5.74, 6) is -0.512. The number of nitrogen functional groups attached to an aromatic ring is 1. The van der Waals surface area contributed by atoms with Crippen molar-refractivity contribution in [3.8, 4) is 0 Å². The molecule has 3 N–H and O–H groups in total. The monoisotopic (exact) mass is 366 g/mol. The first-order valence-corrected chi connectivity index (χ1v) is 8.34. The van der Waals surface area contributed by atoms with Gasteiger partial charge in [0.25, 0.3) is 0 Å². The first kappa shape index (κ1) is 15.7. The molecule has 0 amide bonds. The van der Waals surface area contributed by atoms with Crippen LogP contribution in [-0.2, 0) is 10.0 Å². The third-order valence-electron chi connectivity index (χ3n) is 3.47. The van der Waals surface area contributed by atoms with Gasteiger partial charge in [-0.05, 0) is 46.8 Å². The fourth-order valence-electron chi connectivity index (χ4n) is 2.22. The van der Waals surface area contributed by atoms with Crippen molar-refractivity contribution in [2.45, 2.75) is 23.8 Å². The van der Waals surface area contributed by atoms with E-state index in [1.807, 2.05) is 0 Å². The minimum absolute atomic E-state index is 0.0567. The van der Waals surface area contributed by atoms with Crippen molar-refractivity contribution >= 4 is 31.6 Å². The molecule has 0 spiro atoms. The predicted octanol–water partition coefficient (Wildman–Crippen LogP) is 1.56. The third kappa shape index (κ3) is 2.98. The molecular weight excluding hydrogens is 351 g/mol. The van der Waals surface area contributed by atoms with E-state index >= 15 is 0 Å². The summed E-state index contributed by atoms with van der Waals surface area (Å²) in [5.41, 5.74) is 5.22. The maximum Gasteiger partial charge on any atom is 0.244 e. The van der Waals surface area contributed by atoms with Crippen LogP contribution in [0.3, 0.4) is 0 Å². The quantitative estimate of drug-likeness (QED) is 0.792. The summed E-state index contributed by atoms with van der Waals surface area (Å²) in [7, 11) is -2.28. The number of aliphatic hydroxyl groups is 1. The highest BCUT2D eigenvalue weighted by Crippen LogP contribution is 2.32. The first-order chi connectivity index (χ1) is 9.21. The molecule has 0 saturated heterocycles. The second kappa shape index (κ2) is 5.59. The Balaban J connectivity index is 2.23. The standard InChI is InChI=1S/C12H16BrFN2O3S/c1-16(6-7-2-8(17)3-7)20(18,19)12-5-11(15)10(14)4-9(12)13/h4-5,7-8,17H,2-3,6,15H2,1H3. The zero-order valence-electron chi connectivity index (χ0n) is 10.9. The number of nitrogens with zero attached hydrogens (tertiary/aromatic N) is 1. The van der Waals surface area contributed by atoms with Gasteiger partial charge in [0, 0.05) is 18.1 Å². The second-order valence-corrected chi connectivity index (χ2v) is 7.95. The van der Waals surface area contributed by atoms with Crippen LogP contribution in [0, 0.1) is 11.7 Å². The average molecular weight is 367 g/mol. The number of hydrogen-bond acceptors (Lipinski definition) is 4. The molecule has 0 heterocycles. The lowest BCUT2D eigenvalue weighted by molar-refractivity contribution is 0.0367. The van der Waals surface area contributed by atoms with Crippen LogP contribution >= 0.6 is 15.9 Å². The molecule has 0 aromatic heterocycles. The van der Waals surface area contributed by atoms with Crippen LogP contribution in [0.5, 0.6) is 0 Å². The number of hydrogen-bond donors (Lipinski definition) is 2. The van der Waals surface area contributed by atoms with E-state index in [0.717, 1.165) is 12.1 Å². The van der Waals surface area contributed by atoms with E-state index < -0.39 is 15.8 Å². The highest BCUT2D eigenvalue weighted by molar-refractivity contribution is 9.10. The number of rotatable bonds is 4. The van der Waals surface area contributed by atoms with Crippen LogP contribution < -0.4 is 5.73 Å². The summed E-state index contributed by atoms with van der Waals surface area (Å²) >= 11 is 3.05. The zero-order chi connectivity index (χ0) is 15.1.